The summed E-state index contributed by atoms with van der Waals surface area (Å²) in [5.74, 6) is -1.98. The zero-order valence-electron chi connectivity index (χ0n) is 20.4. The van der Waals surface area contributed by atoms with E-state index in [9.17, 15) is 29.4 Å². The summed E-state index contributed by atoms with van der Waals surface area (Å²) in [5, 5.41) is 30.2. The van der Waals surface area contributed by atoms with Crippen LogP contribution in [-0.2, 0) is 19.1 Å². The Bertz CT molecular complexity index is 1280. The number of carbonyl (C=O) groups excluding carboxylic acids is 4. The molecule has 0 aliphatic carbocycles. The van der Waals surface area contributed by atoms with E-state index in [4.69, 9.17) is 23.2 Å². The Balaban J connectivity index is 1.69. The second kappa shape index (κ2) is 12.3. The van der Waals surface area contributed by atoms with Crippen LogP contribution in [0.3, 0.4) is 0 Å². The molecule has 0 unspecified atom stereocenters. The Morgan fingerprint density at radius 3 is 1.56 bits per heavy atom. The molecular formula is C23H23Cl2N6O8+. The van der Waals surface area contributed by atoms with Crippen LogP contribution in [-0.4, -0.2) is 72.3 Å². The lowest BCUT2D eigenvalue weighted by molar-refractivity contribution is -0.760. The third kappa shape index (κ3) is 7.50. The van der Waals surface area contributed by atoms with Gasteiger partial charge in [0, 0.05) is 12.1 Å². The van der Waals surface area contributed by atoms with Crippen molar-refractivity contribution < 1.29 is 43.3 Å². The number of nitrogens with zero attached hydrogens (tertiary/aromatic N) is 2. The lowest BCUT2D eigenvalue weighted by Crippen LogP contribution is -2.50. The molecule has 14 nitrogen and oxygen atoms in total. The molecule has 2 aromatic rings. The molecule has 1 aliphatic heterocycles. The van der Waals surface area contributed by atoms with E-state index >= 15 is 0 Å². The molecule has 0 bridgehead atoms. The van der Waals surface area contributed by atoms with E-state index in [1.807, 2.05) is 0 Å². The van der Waals surface area contributed by atoms with Crippen LogP contribution in [0.25, 0.3) is 0 Å². The normalized spacial score (nSPS) is 12.9. The number of phenolic OH excluding ortho intramolecular Hbond substituents is 2. The summed E-state index contributed by atoms with van der Waals surface area (Å²) in [6.45, 7) is -0.608. The average Bonchev–Trinajstić information content (AvgIpc) is 3.32. The van der Waals surface area contributed by atoms with Gasteiger partial charge in [-0.05, 0) is 12.1 Å². The lowest BCUT2D eigenvalue weighted by Gasteiger charge is -2.26. The number of benzene rings is 2. The molecule has 1 heterocycles. The SMILES string of the molecule is COC(=O)Nc1cc(O)c(NC(=O)C[N+]2(CC(=O)Nc3cc(Cl)c(NC(=O)OC)cc3O)C=CN=C2)cc1Cl. The summed E-state index contributed by atoms with van der Waals surface area (Å²) < 4.78 is 8.63. The summed E-state index contributed by atoms with van der Waals surface area (Å²) >= 11 is 12.2. The lowest BCUT2D eigenvalue weighted by atomic mass is 10.2. The number of amides is 4. The molecule has 0 saturated heterocycles. The molecule has 0 fully saturated rings. The summed E-state index contributed by atoms with van der Waals surface area (Å²) in [4.78, 5) is 52.5. The van der Waals surface area contributed by atoms with Crippen LogP contribution < -0.4 is 21.3 Å². The highest BCUT2D eigenvalue weighted by Crippen LogP contribution is 2.35. The number of anilines is 4. The highest BCUT2D eigenvalue weighted by Gasteiger charge is 2.33. The number of quaternary nitrogens is 1. The Labute approximate surface area is 231 Å². The number of aromatic hydroxyl groups is 2. The maximum absolute atomic E-state index is 12.8. The van der Waals surface area contributed by atoms with Crippen LogP contribution in [0.2, 0.25) is 10.0 Å². The van der Waals surface area contributed by atoms with E-state index in [1.54, 1.807) is 0 Å². The maximum atomic E-state index is 12.8. The number of ether oxygens (including phenoxy) is 2. The predicted octanol–water partition coefficient (Wildman–Crippen LogP) is 3.67. The topological polar surface area (TPSA) is 188 Å². The third-order valence-electron chi connectivity index (χ3n) is 5.19. The molecule has 2 aromatic carbocycles. The predicted molar refractivity (Wildman–Crippen MR) is 143 cm³/mol. The Kier molecular flexibility index (Phi) is 9.19. The zero-order valence-corrected chi connectivity index (χ0v) is 22.0. The Morgan fingerprint density at radius 2 is 1.21 bits per heavy atom. The number of hydrogen-bond donors (Lipinski definition) is 6. The van der Waals surface area contributed by atoms with Crippen LogP contribution >= 0.6 is 23.2 Å². The number of aliphatic imine (C=N–C) groups is 1. The first kappa shape index (κ1) is 29.0. The van der Waals surface area contributed by atoms with Crippen LogP contribution in [0.15, 0.2) is 41.7 Å². The van der Waals surface area contributed by atoms with Gasteiger partial charge in [-0.25, -0.2) is 19.1 Å². The first-order valence-electron chi connectivity index (χ1n) is 10.9. The molecule has 39 heavy (non-hydrogen) atoms. The quantitative estimate of drug-likeness (QED) is 0.201. The summed E-state index contributed by atoms with van der Waals surface area (Å²) in [5.41, 5.74) is 0.0456. The minimum absolute atomic E-state index is 0.0191. The van der Waals surface area contributed by atoms with Gasteiger partial charge in [0.2, 0.25) is 0 Å². The van der Waals surface area contributed by atoms with Gasteiger partial charge in [0.15, 0.2) is 19.4 Å². The number of hydrogen-bond acceptors (Lipinski definition) is 9. The Hall–Kier alpha value is -4.53. The van der Waals surface area contributed by atoms with Gasteiger partial charge in [-0.2, -0.15) is 0 Å². The fourth-order valence-electron chi connectivity index (χ4n) is 3.38. The smallest absolute Gasteiger partial charge is 0.411 e. The molecular weight excluding hydrogens is 559 g/mol. The highest BCUT2D eigenvalue weighted by molar-refractivity contribution is 6.34. The largest absolute Gasteiger partial charge is 0.506 e. The molecule has 0 aromatic heterocycles. The minimum Gasteiger partial charge on any atom is -0.506 e. The van der Waals surface area contributed by atoms with Gasteiger partial charge < -0.3 is 30.3 Å². The van der Waals surface area contributed by atoms with Gasteiger partial charge >= 0.3 is 12.2 Å². The first-order chi connectivity index (χ1) is 18.4. The van der Waals surface area contributed by atoms with E-state index in [-0.39, 0.29) is 61.9 Å². The second-order valence-electron chi connectivity index (χ2n) is 8.01. The van der Waals surface area contributed by atoms with E-state index in [0.717, 1.165) is 26.4 Å². The molecule has 16 heteroatoms. The van der Waals surface area contributed by atoms with E-state index in [1.165, 1.54) is 30.9 Å². The number of rotatable bonds is 8. The minimum atomic E-state index is -0.803. The molecule has 206 valence electrons. The van der Waals surface area contributed by atoms with Crippen molar-refractivity contribution in [1.29, 1.82) is 0 Å². The molecule has 0 atom stereocenters. The molecule has 0 spiro atoms. The van der Waals surface area contributed by atoms with Gasteiger partial charge in [0.05, 0.1) is 53.2 Å². The van der Waals surface area contributed by atoms with Crippen molar-refractivity contribution in [1.82, 2.24) is 0 Å². The van der Waals surface area contributed by atoms with Crippen LogP contribution in [0.5, 0.6) is 11.5 Å². The Morgan fingerprint density at radius 1 is 0.769 bits per heavy atom. The number of nitrogens with one attached hydrogen (secondary N) is 4. The van der Waals surface area contributed by atoms with Crippen molar-refractivity contribution in [3.8, 4) is 11.5 Å². The van der Waals surface area contributed by atoms with Crippen molar-refractivity contribution in [2.75, 3.05) is 48.6 Å². The summed E-state index contributed by atoms with van der Waals surface area (Å²) in [6.07, 6.45) is 2.67. The fraction of sp³-hybridized carbons (Fsp3) is 0.174. The van der Waals surface area contributed by atoms with Crippen LogP contribution in [0.1, 0.15) is 0 Å². The number of carbonyl (C=O) groups is 4. The van der Waals surface area contributed by atoms with Gasteiger partial charge in [-0.3, -0.25) is 20.2 Å². The molecule has 1 aliphatic rings. The monoisotopic (exact) mass is 581 g/mol. The number of halogens is 2. The molecule has 3 rings (SSSR count). The fourth-order valence-corrected chi connectivity index (χ4v) is 3.80. The molecule has 0 saturated carbocycles. The van der Waals surface area contributed by atoms with Crippen LogP contribution in [0.4, 0.5) is 32.3 Å². The van der Waals surface area contributed by atoms with Crippen molar-refractivity contribution in [2.24, 2.45) is 4.99 Å². The zero-order chi connectivity index (χ0) is 28.7. The van der Waals surface area contributed by atoms with Crippen molar-refractivity contribution >= 4 is 76.3 Å². The van der Waals surface area contributed by atoms with Crippen molar-refractivity contribution in [3.63, 3.8) is 0 Å². The summed E-state index contributed by atoms with van der Waals surface area (Å²) in [6, 6.07) is 4.73. The van der Waals surface area contributed by atoms with Crippen molar-refractivity contribution in [2.45, 2.75) is 0 Å². The highest BCUT2D eigenvalue weighted by atomic mass is 35.5. The molecule has 0 radical (unpaired) electrons. The molecule has 6 N–H and O–H groups in total. The van der Waals surface area contributed by atoms with Gasteiger partial charge in [-0.15, -0.1) is 0 Å². The third-order valence-corrected chi connectivity index (χ3v) is 5.81. The van der Waals surface area contributed by atoms with Crippen molar-refractivity contribution in [3.05, 3.63) is 46.7 Å². The number of phenols is 2. The van der Waals surface area contributed by atoms with E-state index in [0.29, 0.717) is 0 Å². The number of methoxy groups -OCH3 is 2. The standard InChI is InChI=1S/C23H22Cl2N6O8/c1-38-22(36)29-14-7-18(32)16(5-12(14)24)27-20(34)9-31(4-3-26-11-31)10-21(35)28-17-6-13(25)15(8-19(17)33)30-23(37)39-2/h3-8,11H,9-10H2,1-2H3,(H5-,27,28,29,30,32,33,34,35,36,37)/p+1. The summed E-state index contributed by atoms with van der Waals surface area (Å²) in [7, 11) is 2.32. The average molecular weight is 582 g/mol. The van der Waals surface area contributed by atoms with Gasteiger partial charge in [0.25, 0.3) is 11.8 Å². The van der Waals surface area contributed by atoms with Gasteiger partial charge in [0.1, 0.15) is 17.7 Å². The maximum Gasteiger partial charge on any atom is 0.411 e. The second-order valence-corrected chi connectivity index (χ2v) is 8.82. The van der Waals surface area contributed by atoms with E-state index < -0.39 is 24.0 Å². The van der Waals surface area contributed by atoms with E-state index in [2.05, 4.69) is 35.7 Å². The van der Waals surface area contributed by atoms with Crippen LogP contribution in [0, 0.1) is 0 Å². The first-order valence-corrected chi connectivity index (χ1v) is 11.6. The van der Waals surface area contributed by atoms with Gasteiger partial charge in [-0.1, -0.05) is 23.2 Å². The molecule has 4 amide bonds.